The van der Waals surface area contributed by atoms with Gasteiger partial charge in [-0.25, -0.2) is 0 Å². The van der Waals surface area contributed by atoms with E-state index < -0.39 is 0 Å². The lowest BCUT2D eigenvalue weighted by Gasteiger charge is -2.30. The van der Waals surface area contributed by atoms with Crippen LogP contribution in [0.2, 0.25) is 0 Å². The van der Waals surface area contributed by atoms with Gasteiger partial charge in [-0.3, -0.25) is 4.79 Å². The van der Waals surface area contributed by atoms with Crippen molar-refractivity contribution in [3.05, 3.63) is 35.9 Å². The van der Waals surface area contributed by atoms with Crippen LogP contribution in [0.3, 0.4) is 0 Å². The zero-order valence-corrected chi connectivity index (χ0v) is 18.1. The smallest absolute Gasteiger partial charge is 0.223 e. The van der Waals surface area contributed by atoms with Crippen LogP contribution >= 0.6 is 15.9 Å². The van der Waals surface area contributed by atoms with Gasteiger partial charge in [0.15, 0.2) is 11.5 Å². The Morgan fingerprint density at radius 2 is 2.07 bits per heavy atom. The third-order valence-corrected chi connectivity index (χ3v) is 7.12. The number of alkyl halides is 1. The third kappa shape index (κ3) is 4.24. The summed E-state index contributed by atoms with van der Waals surface area (Å²) in [7, 11) is 1.70. The van der Waals surface area contributed by atoms with E-state index in [1.54, 1.807) is 7.11 Å². The standard InChI is InChI=1S/C23H30BrNO3/c1-27-20-8-7-16(13-22(20)28-21-11-15-5-6-17(21)10-15)19-12-18(4-2-3-9-24)23(26)25-14-19/h2-3,7-8,13,15,17-19,21H,4-6,9-12,14H2,1H3,(H,25,26)/t15-,17+,18?,19?,21+/m1/s1. The molecule has 3 fully saturated rings. The summed E-state index contributed by atoms with van der Waals surface area (Å²) >= 11 is 3.39. The molecule has 1 aromatic carbocycles. The number of piperidine rings is 1. The number of rotatable bonds is 7. The lowest BCUT2D eigenvalue weighted by molar-refractivity contribution is -0.126. The van der Waals surface area contributed by atoms with Gasteiger partial charge in [-0.1, -0.05) is 34.1 Å². The van der Waals surface area contributed by atoms with Crippen molar-refractivity contribution in [3.63, 3.8) is 0 Å². The molecule has 28 heavy (non-hydrogen) atoms. The number of carbonyl (C=O) groups excluding carboxylic acids is 1. The highest BCUT2D eigenvalue weighted by Crippen LogP contribution is 2.47. The Labute approximate surface area is 176 Å². The molecule has 1 amide bonds. The summed E-state index contributed by atoms with van der Waals surface area (Å²) in [6.07, 6.45) is 11.3. The molecule has 5 atom stereocenters. The summed E-state index contributed by atoms with van der Waals surface area (Å²) in [4.78, 5) is 12.2. The second kappa shape index (κ2) is 8.89. The van der Waals surface area contributed by atoms with Gasteiger partial charge < -0.3 is 14.8 Å². The van der Waals surface area contributed by atoms with Crippen LogP contribution < -0.4 is 14.8 Å². The van der Waals surface area contributed by atoms with Crippen LogP contribution in [0.25, 0.3) is 0 Å². The number of methoxy groups -OCH3 is 1. The van der Waals surface area contributed by atoms with Crippen LogP contribution in [0.5, 0.6) is 11.5 Å². The van der Waals surface area contributed by atoms with E-state index in [-0.39, 0.29) is 11.8 Å². The molecule has 1 aliphatic heterocycles. The minimum atomic E-state index is 0.0334. The molecule has 2 bridgehead atoms. The average Bonchev–Trinajstić information content (AvgIpc) is 3.33. The number of benzene rings is 1. The van der Waals surface area contributed by atoms with Gasteiger partial charge in [-0.15, -0.1) is 0 Å². The first kappa shape index (κ1) is 19.8. The maximum atomic E-state index is 12.2. The minimum absolute atomic E-state index is 0.0334. The molecule has 4 rings (SSSR count). The quantitative estimate of drug-likeness (QED) is 0.481. The number of hydrogen-bond acceptors (Lipinski definition) is 3. The van der Waals surface area contributed by atoms with Crippen molar-refractivity contribution >= 4 is 21.8 Å². The molecule has 0 aromatic heterocycles. The Balaban J connectivity index is 1.48. The van der Waals surface area contributed by atoms with E-state index in [4.69, 9.17) is 9.47 Å². The third-order valence-electron chi connectivity index (χ3n) is 6.75. The number of amides is 1. The predicted molar refractivity (Wildman–Crippen MR) is 114 cm³/mol. The molecule has 3 aliphatic rings. The summed E-state index contributed by atoms with van der Waals surface area (Å²) < 4.78 is 12.0. The van der Waals surface area contributed by atoms with Gasteiger partial charge in [-0.2, -0.15) is 0 Å². The molecule has 0 radical (unpaired) electrons. The maximum Gasteiger partial charge on any atom is 0.223 e. The number of hydrogen-bond donors (Lipinski definition) is 1. The van der Waals surface area contributed by atoms with E-state index in [1.165, 1.54) is 31.2 Å². The van der Waals surface area contributed by atoms with Crippen LogP contribution in [0, 0.1) is 17.8 Å². The van der Waals surface area contributed by atoms with Crippen LogP contribution in [0.15, 0.2) is 30.4 Å². The van der Waals surface area contributed by atoms with E-state index in [0.29, 0.717) is 24.5 Å². The van der Waals surface area contributed by atoms with Gasteiger partial charge in [0.1, 0.15) is 6.10 Å². The van der Waals surface area contributed by atoms with E-state index in [1.807, 2.05) is 6.07 Å². The van der Waals surface area contributed by atoms with Gasteiger partial charge in [0.2, 0.25) is 5.91 Å². The Morgan fingerprint density at radius 3 is 2.79 bits per heavy atom. The Bertz CT molecular complexity index is 735. The molecule has 1 heterocycles. The monoisotopic (exact) mass is 447 g/mol. The molecular weight excluding hydrogens is 418 g/mol. The average molecular weight is 448 g/mol. The lowest BCUT2D eigenvalue weighted by atomic mass is 9.83. The van der Waals surface area contributed by atoms with Crippen molar-refractivity contribution in [1.29, 1.82) is 0 Å². The summed E-state index contributed by atoms with van der Waals surface area (Å²) in [6, 6.07) is 6.30. The largest absolute Gasteiger partial charge is 0.493 e. The van der Waals surface area contributed by atoms with E-state index >= 15 is 0 Å². The fraction of sp³-hybridized carbons (Fsp3) is 0.609. The van der Waals surface area contributed by atoms with Gasteiger partial charge >= 0.3 is 0 Å². The molecule has 2 unspecified atom stereocenters. The number of halogens is 1. The molecular formula is C23H30BrNO3. The maximum absolute atomic E-state index is 12.2. The van der Waals surface area contributed by atoms with E-state index in [9.17, 15) is 4.79 Å². The van der Waals surface area contributed by atoms with Crippen LogP contribution in [-0.4, -0.2) is 31.0 Å². The fourth-order valence-electron chi connectivity index (χ4n) is 5.22. The molecule has 1 N–H and O–H groups in total. The van der Waals surface area contributed by atoms with Crippen LogP contribution in [0.1, 0.15) is 50.0 Å². The first-order valence-electron chi connectivity index (χ1n) is 10.5. The zero-order chi connectivity index (χ0) is 19.5. The Kier molecular flexibility index (Phi) is 6.29. The second-order valence-electron chi connectivity index (χ2n) is 8.48. The first-order valence-corrected chi connectivity index (χ1v) is 11.6. The van der Waals surface area contributed by atoms with E-state index in [2.05, 4.69) is 45.5 Å². The number of ether oxygens (including phenoxy) is 2. The summed E-state index contributed by atoms with van der Waals surface area (Å²) in [5.41, 5.74) is 1.23. The van der Waals surface area contributed by atoms with E-state index in [0.717, 1.165) is 35.6 Å². The van der Waals surface area contributed by atoms with Crippen molar-refractivity contribution in [2.45, 2.75) is 50.5 Å². The van der Waals surface area contributed by atoms with Crippen molar-refractivity contribution in [3.8, 4) is 11.5 Å². The van der Waals surface area contributed by atoms with Crippen molar-refractivity contribution < 1.29 is 14.3 Å². The second-order valence-corrected chi connectivity index (χ2v) is 9.13. The molecule has 1 aromatic rings. The minimum Gasteiger partial charge on any atom is -0.493 e. The number of allylic oxidation sites excluding steroid dienone is 2. The van der Waals surface area contributed by atoms with Gasteiger partial charge in [0, 0.05) is 23.7 Å². The SMILES string of the molecule is COc1ccc(C2CNC(=O)C(CC=CCBr)C2)cc1O[C@H]1C[C@@H]2CC[C@H]1C2. The molecule has 4 nitrogen and oxygen atoms in total. The number of carbonyl (C=O) groups is 1. The molecule has 5 heteroatoms. The van der Waals surface area contributed by atoms with Gasteiger partial charge in [-0.05, 0) is 68.1 Å². The van der Waals surface area contributed by atoms with Crippen LogP contribution in [-0.2, 0) is 4.79 Å². The number of fused-ring (bicyclic) bond motifs is 2. The highest BCUT2D eigenvalue weighted by atomic mass is 79.9. The topological polar surface area (TPSA) is 47.6 Å². The van der Waals surface area contributed by atoms with Gasteiger partial charge in [0.25, 0.3) is 0 Å². The summed E-state index contributed by atoms with van der Waals surface area (Å²) in [5.74, 6) is 3.75. The zero-order valence-electron chi connectivity index (χ0n) is 16.5. The van der Waals surface area contributed by atoms with Crippen molar-refractivity contribution in [2.75, 3.05) is 19.0 Å². The molecule has 1 saturated heterocycles. The summed E-state index contributed by atoms with van der Waals surface area (Å²) in [6.45, 7) is 0.692. The fourth-order valence-corrected chi connectivity index (χ4v) is 5.48. The normalized spacial score (nSPS) is 31.9. The lowest BCUT2D eigenvalue weighted by Crippen LogP contribution is -2.40. The molecule has 0 spiro atoms. The number of nitrogens with one attached hydrogen (secondary N) is 1. The van der Waals surface area contributed by atoms with Crippen molar-refractivity contribution in [2.24, 2.45) is 17.8 Å². The predicted octanol–water partition coefficient (Wildman–Crippen LogP) is 4.82. The van der Waals surface area contributed by atoms with Crippen molar-refractivity contribution in [1.82, 2.24) is 5.32 Å². The molecule has 2 aliphatic carbocycles. The highest BCUT2D eigenvalue weighted by molar-refractivity contribution is 9.09. The van der Waals surface area contributed by atoms with Crippen LogP contribution in [0.4, 0.5) is 0 Å². The van der Waals surface area contributed by atoms with Gasteiger partial charge in [0.05, 0.1) is 7.11 Å². The summed E-state index contributed by atoms with van der Waals surface area (Å²) in [5, 5.41) is 3.92. The highest BCUT2D eigenvalue weighted by Gasteiger charge is 2.41. The first-order chi connectivity index (χ1) is 13.7. The Hall–Kier alpha value is -1.49. The molecule has 152 valence electrons. The molecule has 2 saturated carbocycles. The Morgan fingerprint density at radius 1 is 1.18 bits per heavy atom.